The summed E-state index contributed by atoms with van der Waals surface area (Å²) in [6.45, 7) is 3.14. The summed E-state index contributed by atoms with van der Waals surface area (Å²) < 4.78 is 31.3. The summed E-state index contributed by atoms with van der Waals surface area (Å²) in [7, 11) is -3.50. The number of aliphatic hydroxyl groups is 1. The molecule has 0 aromatic heterocycles. The van der Waals surface area contributed by atoms with Gasteiger partial charge in [-0.05, 0) is 18.2 Å². The Labute approximate surface area is 119 Å². The van der Waals surface area contributed by atoms with E-state index in [-0.39, 0.29) is 18.1 Å². The molecular weight excluding hydrogens is 282 g/mol. The van der Waals surface area contributed by atoms with Gasteiger partial charge in [0.1, 0.15) is 0 Å². The molecule has 5 N–H and O–H groups in total. The lowest BCUT2D eigenvalue weighted by molar-refractivity contribution is 0.0992. The largest absolute Gasteiger partial charge is 0.397 e. The Bertz CT molecular complexity index is 519. The summed E-state index contributed by atoms with van der Waals surface area (Å²) >= 11 is 0. The van der Waals surface area contributed by atoms with Crippen molar-refractivity contribution in [1.29, 1.82) is 0 Å². The molecule has 1 rings (SSSR count). The highest BCUT2D eigenvalue weighted by Crippen LogP contribution is 2.22. The summed E-state index contributed by atoms with van der Waals surface area (Å²) in [6, 6.07) is 4.49. The number of anilines is 2. The Hall–Kier alpha value is -1.35. The van der Waals surface area contributed by atoms with Gasteiger partial charge in [-0.25, -0.2) is 13.1 Å². The maximum Gasteiger partial charge on any atom is 0.240 e. The van der Waals surface area contributed by atoms with Crippen LogP contribution >= 0.6 is 0 Å². The van der Waals surface area contributed by atoms with Crippen molar-refractivity contribution < 1.29 is 18.3 Å². The molecule has 0 aliphatic rings. The zero-order chi connectivity index (χ0) is 15.0. The van der Waals surface area contributed by atoms with Gasteiger partial charge in [0.05, 0.1) is 36.1 Å². The molecule has 1 aromatic rings. The molecule has 7 nitrogen and oxygen atoms in total. The number of nitrogens with one attached hydrogen (secondary N) is 2. The Kier molecular flexibility index (Phi) is 6.73. The van der Waals surface area contributed by atoms with Crippen molar-refractivity contribution in [2.24, 2.45) is 0 Å². The van der Waals surface area contributed by atoms with E-state index in [1.165, 1.54) is 12.1 Å². The van der Waals surface area contributed by atoms with Gasteiger partial charge in [-0.2, -0.15) is 0 Å². The predicted octanol–water partition coefficient (Wildman–Crippen LogP) is -0.0122. The summed E-state index contributed by atoms with van der Waals surface area (Å²) in [6.07, 6.45) is 0. The van der Waals surface area contributed by atoms with E-state index in [4.69, 9.17) is 15.6 Å². The molecule has 0 spiro atoms. The lowest BCUT2D eigenvalue weighted by atomic mass is 10.2. The summed E-state index contributed by atoms with van der Waals surface area (Å²) in [5.41, 5.74) is 6.79. The molecule has 0 bridgehead atoms. The van der Waals surface area contributed by atoms with Crippen LogP contribution in [-0.2, 0) is 14.8 Å². The number of ether oxygens (including phenoxy) is 1. The van der Waals surface area contributed by atoms with Crippen molar-refractivity contribution in [1.82, 2.24) is 4.72 Å². The van der Waals surface area contributed by atoms with Crippen LogP contribution in [0.2, 0.25) is 0 Å². The highest BCUT2D eigenvalue weighted by molar-refractivity contribution is 7.89. The topological polar surface area (TPSA) is 114 Å². The molecule has 114 valence electrons. The van der Waals surface area contributed by atoms with Crippen LogP contribution < -0.4 is 15.8 Å². The second kappa shape index (κ2) is 8.05. The molecule has 0 aliphatic carbocycles. The molecule has 0 saturated heterocycles. The summed E-state index contributed by atoms with van der Waals surface area (Å²) in [4.78, 5) is 0.160. The Balaban J connectivity index is 2.72. The predicted molar refractivity (Wildman–Crippen MR) is 78.1 cm³/mol. The minimum absolute atomic E-state index is 0.0292. The number of benzene rings is 1. The maximum absolute atomic E-state index is 11.9. The molecular formula is C12H21N3O4S. The highest BCUT2D eigenvalue weighted by Gasteiger charge is 2.14. The van der Waals surface area contributed by atoms with Crippen molar-refractivity contribution in [2.45, 2.75) is 11.8 Å². The average Bonchev–Trinajstić information content (AvgIpc) is 2.40. The van der Waals surface area contributed by atoms with E-state index in [1.807, 2.05) is 0 Å². The molecule has 0 saturated carbocycles. The van der Waals surface area contributed by atoms with Gasteiger partial charge in [0, 0.05) is 13.1 Å². The van der Waals surface area contributed by atoms with Crippen LogP contribution in [0.5, 0.6) is 0 Å². The first-order valence-corrected chi connectivity index (χ1v) is 7.81. The van der Waals surface area contributed by atoms with Gasteiger partial charge in [-0.15, -0.1) is 0 Å². The van der Waals surface area contributed by atoms with E-state index >= 15 is 0 Å². The van der Waals surface area contributed by atoms with Crippen LogP contribution in [0.4, 0.5) is 11.4 Å². The first-order valence-electron chi connectivity index (χ1n) is 6.33. The number of nitrogen functional groups attached to an aromatic ring is 1. The van der Waals surface area contributed by atoms with E-state index < -0.39 is 10.0 Å². The zero-order valence-corrected chi connectivity index (χ0v) is 12.2. The molecule has 0 amide bonds. The second-order valence-corrected chi connectivity index (χ2v) is 5.78. The van der Waals surface area contributed by atoms with E-state index in [1.54, 1.807) is 13.0 Å². The molecule has 0 heterocycles. The molecule has 0 unspecified atom stereocenters. The monoisotopic (exact) mass is 303 g/mol. The van der Waals surface area contributed by atoms with Gasteiger partial charge in [-0.3, -0.25) is 0 Å². The van der Waals surface area contributed by atoms with Crippen LogP contribution in [0.3, 0.4) is 0 Å². The zero-order valence-electron chi connectivity index (χ0n) is 11.4. The minimum Gasteiger partial charge on any atom is -0.397 e. The molecule has 0 fully saturated rings. The lowest BCUT2D eigenvalue weighted by Crippen LogP contribution is -2.23. The van der Waals surface area contributed by atoms with Gasteiger partial charge >= 0.3 is 0 Å². The van der Waals surface area contributed by atoms with Crippen LogP contribution in [0.1, 0.15) is 6.92 Å². The number of hydrogen-bond acceptors (Lipinski definition) is 6. The maximum atomic E-state index is 11.9. The molecule has 20 heavy (non-hydrogen) atoms. The fraction of sp³-hybridized carbons (Fsp3) is 0.500. The summed E-state index contributed by atoms with van der Waals surface area (Å²) in [5, 5.41) is 11.6. The average molecular weight is 303 g/mol. The fourth-order valence-electron chi connectivity index (χ4n) is 1.55. The standard InChI is InChI=1S/C12H21N3O4S/c1-2-15-20(17,18)10-3-4-11(13)12(9-10)14-5-7-19-8-6-16/h3-4,9,14-16H,2,5-8,13H2,1H3. The number of hydrogen-bond donors (Lipinski definition) is 4. The molecule has 1 aromatic carbocycles. The number of rotatable bonds is 9. The third kappa shape index (κ3) is 4.97. The fourth-order valence-corrected chi connectivity index (χ4v) is 2.62. The van der Waals surface area contributed by atoms with Crippen molar-refractivity contribution in [3.8, 4) is 0 Å². The molecule has 0 radical (unpaired) electrons. The first-order chi connectivity index (χ1) is 9.51. The van der Waals surface area contributed by atoms with Gasteiger partial charge in [0.2, 0.25) is 10.0 Å². The van der Waals surface area contributed by atoms with E-state index in [0.29, 0.717) is 31.1 Å². The van der Waals surface area contributed by atoms with Crippen LogP contribution in [0, 0.1) is 0 Å². The third-order valence-corrected chi connectivity index (χ3v) is 4.01. The third-order valence-electron chi connectivity index (χ3n) is 2.47. The Morgan fingerprint density at radius 3 is 2.75 bits per heavy atom. The van der Waals surface area contributed by atoms with Crippen LogP contribution in [-0.4, -0.2) is 46.4 Å². The van der Waals surface area contributed by atoms with Crippen LogP contribution in [0.15, 0.2) is 23.1 Å². The van der Waals surface area contributed by atoms with Crippen molar-refractivity contribution >= 4 is 21.4 Å². The number of sulfonamides is 1. The Morgan fingerprint density at radius 1 is 1.35 bits per heavy atom. The lowest BCUT2D eigenvalue weighted by Gasteiger charge is -2.12. The first kappa shape index (κ1) is 16.7. The van der Waals surface area contributed by atoms with Crippen molar-refractivity contribution in [2.75, 3.05) is 44.0 Å². The molecule has 8 heteroatoms. The van der Waals surface area contributed by atoms with Gasteiger partial charge in [0.15, 0.2) is 0 Å². The normalized spacial score (nSPS) is 11.5. The quantitative estimate of drug-likeness (QED) is 0.377. The molecule has 0 aliphatic heterocycles. The number of nitrogens with two attached hydrogens (primary N) is 1. The Morgan fingerprint density at radius 2 is 2.10 bits per heavy atom. The van der Waals surface area contributed by atoms with Crippen LogP contribution in [0.25, 0.3) is 0 Å². The van der Waals surface area contributed by atoms with Gasteiger partial charge in [-0.1, -0.05) is 6.92 Å². The molecule has 0 atom stereocenters. The second-order valence-electron chi connectivity index (χ2n) is 4.01. The van der Waals surface area contributed by atoms with Gasteiger partial charge in [0.25, 0.3) is 0 Å². The van der Waals surface area contributed by atoms with E-state index in [9.17, 15) is 8.42 Å². The van der Waals surface area contributed by atoms with Crippen molar-refractivity contribution in [3.63, 3.8) is 0 Å². The van der Waals surface area contributed by atoms with E-state index in [2.05, 4.69) is 10.0 Å². The summed E-state index contributed by atoms with van der Waals surface area (Å²) in [5.74, 6) is 0. The SMILES string of the molecule is CCNS(=O)(=O)c1ccc(N)c(NCCOCCO)c1. The highest BCUT2D eigenvalue weighted by atomic mass is 32.2. The van der Waals surface area contributed by atoms with E-state index in [0.717, 1.165) is 0 Å². The minimum atomic E-state index is -3.50. The van der Waals surface area contributed by atoms with Gasteiger partial charge < -0.3 is 20.9 Å². The number of aliphatic hydroxyl groups excluding tert-OH is 1. The van der Waals surface area contributed by atoms with Crippen molar-refractivity contribution in [3.05, 3.63) is 18.2 Å². The smallest absolute Gasteiger partial charge is 0.240 e.